The summed E-state index contributed by atoms with van der Waals surface area (Å²) in [5, 5.41) is 2.57. The highest BCUT2D eigenvalue weighted by molar-refractivity contribution is 5.92. The lowest BCUT2D eigenvalue weighted by Crippen LogP contribution is -2.22. The lowest BCUT2D eigenvalue weighted by molar-refractivity contribution is -0.137. The zero-order valence-electron chi connectivity index (χ0n) is 15.2. The Morgan fingerprint density at radius 2 is 1.93 bits per heavy atom. The molecular formula is C22H15F4NO2. The molecule has 0 saturated carbocycles. The first-order valence-corrected chi connectivity index (χ1v) is 8.50. The predicted octanol–water partition coefficient (Wildman–Crippen LogP) is 5.32. The largest absolute Gasteiger partial charge is 0.451 e. The molecular weight excluding hydrogens is 386 g/mol. The zero-order chi connectivity index (χ0) is 21.2. The van der Waals surface area contributed by atoms with Crippen molar-refractivity contribution in [3.63, 3.8) is 0 Å². The Morgan fingerprint density at radius 1 is 1.17 bits per heavy atom. The number of halogens is 4. The SMILES string of the molecule is C#Cc1cc(CNC(=O)c2ccc(-c3cccc(C(F)(F)F)c3)o2)cc(F)c1C. The number of furan rings is 1. The van der Waals surface area contributed by atoms with E-state index >= 15 is 0 Å². The normalized spacial score (nSPS) is 11.2. The highest BCUT2D eigenvalue weighted by atomic mass is 19.4. The van der Waals surface area contributed by atoms with Crippen molar-refractivity contribution in [2.45, 2.75) is 19.6 Å². The summed E-state index contributed by atoms with van der Waals surface area (Å²) >= 11 is 0. The second kappa shape index (κ2) is 7.84. The third-order valence-corrected chi connectivity index (χ3v) is 4.32. The Labute approximate surface area is 164 Å². The molecule has 0 aliphatic heterocycles. The minimum Gasteiger partial charge on any atom is -0.451 e. The standard InChI is InChI=1S/C22H15F4NO2/c1-3-15-9-14(10-18(23)13(15)2)12-27-21(28)20-8-7-19(29-20)16-5-4-6-17(11-16)22(24,25)26/h1,4-11H,12H2,2H3,(H,27,28). The van der Waals surface area contributed by atoms with Crippen LogP contribution in [-0.4, -0.2) is 5.91 Å². The van der Waals surface area contributed by atoms with Crippen LogP contribution >= 0.6 is 0 Å². The number of hydrogen-bond donors (Lipinski definition) is 1. The summed E-state index contributed by atoms with van der Waals surface area (Å²) in [4.78, 5) is 12.3. The first-order chi connectivity index (χ1) is 13.7. The number of rotatable bonds is 4. The number of nitrogens with one attached hydrogen (secondary N) is 1. The van der Waals surface area contributed by atoms with Crippen LogP contribution in [0.5, 0.6) is 0 Å². The maximum absolute atomic E-state index is 13.9. The second-order valence-corrected chi connectivity index (χ2v) is 6.32. The van der Waals surface area contributed by atoms with E-state index in [0.29, 0.717) is 16.7 Å². The minimum absolute atomic E-state index is 0.00427. The van der Waals surface area contributed by atoms with Crippen molar-refractivity contribution >= 4 is 5.91 Å². The van der Waals surface area contributed by atoms with E-state index < -0.39 is 23.5 Å². The van der Waals surface area contributed by atoms with Crippen molar-refractivity contribution in [1.82, 2.24) is 5.32 Å². The summed E-state index contributed by atoms with van der Waals surface area (Å²) in [6.07, 6.45) is 0.859. The van der Waals surface area contributed by atoms with E-state index in [1.54, 1.807) is 13.0 Å². The summed E-state index contributed by atoms with van der Waals surface area (Å²) in [6, 6.07) is 10.2. The Hall–Kier alpha value is -3.53. The number of alkyl halides is 3. The number of benzene rings is 2. The molecule has 148 valence electrons. The summed E-state index contributed by atoms with van der Waals surface area (Å²) in [6.45, 7) is 1.56. The van der Waals surface area contributed by atoms with Gasteiger partial charge in [0, 0.05) is 23.2 Å². The zero-order valence-corrected chi connectivity index (χ0v) is 15.2. The molecule has 7 heteroatoms. The summed E-state index contributed by atoms with van der Waals surface area (Å²) in [5.74, 6) is 1.35. The fourth-order valence-electron chi connectivity index (χ4n) is 2.72. The summed E-state index contributed by atoms with van der Waals surface area (Å²) < 4.78 is 57.8. The Balaban J connectivity index is 1.74. The van der Waals surface area contributed by atoms with Crippen LogP contribution in [0, 0.1) is 25.1 Å². The van der Waals surface area contributed by atoms with E-state index in [4.69, 9.17) is 10.8 Å². The third kappa shape index (κ3) is 4.49. The monoisotopic (exact) mass is 401 g/mol. The lowest BCUT2D eigenvalue weighted by Gasteiger charge is -2.08. The smallest absolute Gasteiger partial charge is 0.416 e. The van der Waals surface area contributed by atoms with Crippen LogP contribution in [0.15, 0.2) is 52.9 Å². The van der Waals surface area contributed by atoms with Gasteiger partial charge in [-0.25, -0.2) is 4.39 Å². The molecule has 0 spiro atoms. The molecule has 29 heavy (non-hydrogen) atoms. The number of carbonyl (C=O) groups excluding carboxylic acids is 1. The molecule has 0 saturated heterocycles. The molecule has 3 rings (SSSR count). The van der Waals surface area contributed by atoms with Gasteiger partial charge in [0.2, 0.25) is 0 Å². The molecule has 2 aromatic carbocycles. The molecule has 3 nitrogen and oxygen atoms in total. The van der Waals surface area contributed by atoms with Gasteiger partial charge in [0.15, 0.2) is 5.76 Å². The Morgan fingerprint density at radius 3 is 2.62 bits per heavy atom. The topological polar surface area (TPSA) is 42.2 Å². The summed E-state index contributed by atoms with van der Waals surface area (Å²) in [7, 11) is 0. The molecule has 0 fully saturated rings. The molecule has 3 aromatic rings. The van der Waals surface area contributed by atoms with Gasteiger partial charge in [0.1, 0.15) is 11.6 Å². The van der Waals surface area contributed by atoms with Crippen molar-refractivity contribution in [3.05, 3.63) is 82.4 Å². The molecule has 0 bridgehead atoms. The van der Waals surface area contributed by atoms with Crippen LogP contribution in [0.2, 0.25) is 0 Å². The minimum atomic E-state index is -4.48. The lowest BCUT2D eigenvalue weighted by atomic mass is 10.0. The molecule has 0 atom stereocenters. The highest BCUT2D eigenvalue weighted by Gasteiger charge is 2.30. The van der Waals surface area contributed by atoms with Crippen LogP contribution in [0.25, 0.3) is 11.3 Å². The first kappa shape index (κ1) is 20.2. The van der Waals surface area contributed by atoms with Gasteiger partial charge >= 0.3 is 6.18 Å². The quantitative estimate of drug-likeness (QED) is 0.475. The van der Waals surface area contributed by atoms with Crippen LogP contribution in [-0.2, 0) is 12.7 Å². The van der Waals surface area contributed by atoms with Gasteiger partial charge in [-0.1, -0.05) is 18.1 Å². The maximum Gasteiger partial charge on any atom is 0.416 e. The third-order valence-electron chi connectivity index (χ3n) is 4.32. The van der Waals surface area contributed by atoms with E-state index in [9.17, 15) is 22.4 Å². The van der Waals surface area contributed by atoms with Gasteiger partial charge < -0.3 is 9.73 Å². The maximum atomic E-state index is 13.9. The van der Waals surface area contributed by atoms with Crippen LogP contribution in [0.1, 0.15) is 32.8 Å². The van der Waals surface area contributed by atoms with Crippen molar-refractivity contribution in [3.8, 4) is 23.7 Å². The van der Waals surface area contributed by atoms with E-state index in [1.165, 1.54) is 30.3 Å². The number of terminal acetylenes is 1. The van der Waals surface area contributed by atoms with E-state index in [1.807, 2.05) is 0 Å². The molecule has 1 heterocycles. The number of hydrogen-bond acceptors (Lipinski definition) is 2. The van der Waals surface area contributed by atoms with Gasteiger partial charge in [-0.2, -0.15) is 13.2 Å². The Bertz CT molecular complexity index is 1110. The van der Waals surface area contributed by atoms with E-state index in [0.717, 1.165) is 12.1 Å². The first-order valence-electron chi connectivity index (χ1n) is 8.50. The fourth-order valence-corrected chi connectivity index (χ4v) is 2.72. The average Bonchev–Trinajstić information content (AvgIpc) is 3.18. The molecule has 0 radical (unpaired) electrons. The van der Waals surface area contributed by atoms with Crippen molar-refractivity contribution in [2.24, 2.45) is 0 Å². The van der Waals surface area contributed by atoms with E-state index in [2.05, 4.69) is 11.2 Å². The van der Waals surface area contributed by atoms with Crippen LogP contribution in [0.4, 0.5) is 17.6 Å². The summed E-state index contributed by atoms with van der Waals surface area (Å²) in [5.41, 5.74) is 0.582. The number of carbonyl (C=O) groups is 1. The molecule has 1 aromatic heterocycles. The molecule has 0 aliphatic rings. The molecule has 1 N–H and O–H groups in total. The fraction of sp³-hybridized carbons (Fsp3) is 0.136. The van der Waals surface area contributed by atoms with Crippen LogP contribution < -0.4 is 5.32 Å². The van der Waals surface area contributed by atoms with Crippen LogP contribution in [0.3, 0.4) is 0 Å². The van der Waals surface area contributed by atoms with Crippen molar-refractivity contribution < 1.29 is 26.8 Å². The second-order valence-electron chi connectivity index (χ2n) is 6.32. The van der Waals surface area contributed by atoms with E-state index in [-0.39, 0.29) is 23.6 Å². The van der Waals surface area contributed by atoms with Crippen molar-refractivity contribution in [1.29, 1.82) is 0 Å². The molecule has 0 unspecified atom stereocenters. The Kier molecular flexibility index (Phi) is 5.46. The van der Waals surface area contributed by atoms with Crippen molar-refractivity contribution in [2.75, 3.05) is 0 Å². The average molecular weight is 401 g/mol. The molecule has 1 amide bonds. The van der Waals surface area contributed by atoms with Gasteiger partial charge in [-0.3, -0.25) is 4.79 Å². The number of amides is 1. The van der Waals surface area contributed by atoms with Gasteiger partial charge in [0.25, 0.3) is 5.91 Å². The van der Waals surface area contributed by atoms with Gasteiger partial charge in [0.05, 0.1) is 5.56 Å². The predicted molar refractivity (Wildman–Crippen MR) is 99.4 cm³/mol. The highest BCUT2D eigenvalue weighted by Crippen LogP contribution is 2.32. The van der Waals surface area contributed by atoms with Gasteiger partial charge in [-0.15, -0.1) is 6.42 Å². The molecule has 0 aliphatic carbocycles. The van der Waals surface area contributed by atoms with Gasteiger partial charge in [-0.05, 0) is 48.9 Å².